The Hall–Kier alpha value is -3.28. The van der Waals surface area contributed by atoms with Crippen LogP contribution in [0.5, 0.6) is 0 Å². The number of hydrogen-bond acceptors (Lipinski definition) is 10. The monoisotopic (exact) mass is 492 g/mol. The smallest absolute Gasteiger partial charge is 0.425 e. The first-order chi connectivity index (χ1) is 16.2. The van der Waals surface area contributed by atoms with E-state index in [0.717, 1.165) is 17.9 Å². The summed E-state index contributed by atoms with van der Waals surface area (Å²) in [6.45, 7) is 12.1. The zero-order chi connectivity index (χ0) is 26.4. The summed E-state index contributed by atoms with van der Waals surface area (Å²) in [5.74, 6) is -0.270. The molecule has 2 aromatic rings. The predicted octanol–water partition coefficient (Wildman–Crippen LogP) is 3.39. The van der Waals surface area contributed by atoms with Crippen LogP contribution < -0.4 is 4.90 Å². The van der Waals surface area contributed by atoms with Crippen molar-refractivity contribution in [1.82, 2.24) is 24.4 Å². The quantitative estimate of drug-likeness (QED) is 0.399. The molecule has 2 heterocycles. The van der Waals surface area contributed by atoms with Gasteiger partial charge >= 0.3 is 18.2 Å². The average molecular weight is 493 g/mol. The van der Waals surface area contributed by atoms with Gasteiger partial charge in [-0.1, -0.05) is 0 Å². The summed E-state index contributed by atoms with van der Waals surface area (Å²) in [5, 5.41) is 0. The highest BCUT2D eigenvalue weighted by molar-refractivity contribution is 6.12. The van der Waals surface area contributed by atoms with Gasteiger partial charge in [-0.05, 0) is 61.6 Å². The number of aromatic nitrogens is 4. The largest absolute Gasteiger partial charge is 0.469 e. The van der Waals surface area contributed by atoms with Gasteiger partial charge < -0.3 is 23.7 Å². The first-order valence-electron chi connectivity index (χ1n) is 11.4. The first-order valence-corrected chi connectivity index (χ1v) is 11.4. The summed E-state index contributed by atoms with van der Waals surface area (Å²) in [5.41, 5.74) is -0.960. The number of imidazole rings is 1. The minimum Gasteiger partial charge on any atom is -0.469 e. The fourth-order valence-electron chi connectivity index (χ4n) is 3.07. The predicted molar refractivity (Wildman–Crippen MR) is 129 cm³/mol. The third-order valence-electron chi connectivity index (χ3n) is 4.61. The third kappa shape index (κ3) is 8.46. The van der Waals surface area contributed by atoms with E-state index in [2.05, 4.69) is 19.7 Å². The molecule has 0 aliphatic rings. The standard InChI is InChI=1S/C23H36N6O6/c1-22(2,3)34-20(31)29(21(32)35-23(4,5)6)19-17-18(24-14-25-19)28(15-26-17)12-9-11-27(7)13-10-16(30)33-8/h14-15H,9-13H2,1-8H3. The molecular formula is C23H36N6O6. The van der Waals surface area contributed by atoms with Crippen LogP contribution in [0.25, 0.3) is 11.2 Å². The molecular weight excluding hydrogens is 456 g/mol. The van der Waals surface area contributed by atoms with Crippen molar-refractivity contribution in [2.75, 3.05) is 32.1 Å². The molecule has 0 saturated heterocycles. The van der Waals surface area contributed by atoms with E-state index in [1.54, 1.807) is 47.9 Å². The lowest BCUT2D eigenvalue weighted by Crippen LogP contribution is -2.44. The second kappa shape index (κ2) is 11.4. The van der Waals surface area contributed by atoms with E-state index in [4.69, 9.17) is 9.47 Å². The molecule has 0 spiro atoms. The van der Waals surface area contributed by atoms with Gasteiger partial charge in [-0.3, -0.25) is 4.79 Å². The van der Waals surface area contributed by atoms with Crippen molar-refractivity contribution >= 4 is 35.1 Å². The lowest BCUT2D eigenvalue weighted by atomic mass is 10.2. The van der Waals surface area contributed by atoms with Gasteiger partial charge in [0, 0.05) is 13.1 Å². The molecule has 12 heteroatoms. The Morgan fingerprint density at radius 2 is 1.54 bits per heavy atom. The molecule has 0 bridgehead atoms. The number of methoxy groups -OCH3 is 1. The number of carbonyl (C=O) groups is 3. The molecule has 12 nitrogen and oxygen atoms in total. The van der Waals surface area contributed by atoms with Gasteiger partial charge in [0.15, 0.2) is 17.0 Å². The number of fused-ring (bicyclic) bond motifs is 1. The molecule has 0 fully saturated rings. The topological polar surface area (TPSA) is 129 Å². The molecule has 0 N–H and O–H groups in total. The van der Waals surface area contributed by atoms with Crippen LogP contribution in [0.1, 0.15) is 54.4 Å². The maximum absolute atomic E-state index is 13.0. The Balaban J connectivity index is 2.26. The molecule has 0 saturated carbocycles. The van der Waals surface area contributed by atoms with Gasteiger partial charge in [0.1, 0.15) is 17.5 Å². The van der Waals surface area contributed by atoms with Crippen LogP contribution in [0.4, 0.5) is 15.4 Å². The van der Waals surface area contributed by atoms with E-state index in [0.29, 0.717) is 25.2 Å². The molecule has 0 atom stereocenters. The van der Waals surface area contributed by atoms with Crippen molar-refractivity contribution in [2.45, 2.75) is 72.1 Å². The zero-order valence-corrected chi connectivity index (χ0v) is 21.8. The Bertz CT molecular complexity index is 1010. The molecule has 0 aromatic carbocycles. The Kier molecular flexibility index (Phi) is 9.13. The van der Waals surface area contributed by atoms with Gasteiger partial charge in [-0.25, -0.2) is 24.5 Å². The van der Waals surface area contributed by atoms with Crippen molar-refractivity contribution in [3.8, 4) is 0 Å². The van der Waals surface area contributed by atoms with Gasteiger partial charge in [0.2, 0.25) is 0 Å². The number of rotatable bonds is 8. The van der Waals surface area contributed by atoms with E-state index >= 15 is 0 Å². The van der Waals surface area contributed by atoms with Crippen LogP contribution >= 0.6 is 0 Å². The summed E-state index contributed by atoms with van der Waals surface area (Å²) < 4.78 is 17.4. The maximum Gasteiger partial charge on any atom is 0.425 e. The Morgan fingerprint density at radius 1 is 0.943 bits per heavy atom. The van der Waals surface area contributed by atoms with Crippen LogP contribution in [0.2, 0.25) is 0 Å². The summed E-state index contributed by atoms with van der Waals surface area (Å²) in [4.78, 5) is 52.9. The van der Waals surface area contributed by atoms with E-state index < -0.39 is 23.4 Å². The second-order valence-corrected chi connectivity index (χ2v) is 10.1. The fourth-order valence-corrected chi connectivity index (χ4v) is 3.07. The Morgan fingerprint density at radius 3 is 2.09 bits per heavy atom. The minimum absolute atomic E-state index is 0.0209. The normalized spacial score (nSPS) is 12.0. The van der Waals surface area contributed by atoms with E-state index in [1.165, 1.54) is 13.4 Å². The number of ether oxygens (including phenoxy) is 3. The highest BCUT2D eigenvalue weighted by Gasteiger charge is 2.35. The molecule has 2 rings (SSSR count). The van der Waals surface area contributed by atoms with Gasteiger partial charge in [-0.15, -0.1) is 0 Å². The lowest BCUT2D eigenvalue weighted by Gasteiger charge is -2.28. The van der Waals surface area contributed by atoms with E-state index in [9.17, 15) is 14.4 Å². The van der Waals surface area contributed by atoms with Crippen LogP contribution in [0.15, 0.2) is 12.7 Å². The minimum atomic E-state index is -0.923. The fraction of sp³-hybridized carbons (Fsp3) is 0.652. The Labute approximate surface area is 205 Å². The van der Waals surface area contributed by atoms with Crippen LogP contribution in [0.3, 0.4) is 0 Å². The van der Waals surface area contributed by atoms with Crippen molar-refractivity contribution in [1.29, 1.82) is 0 Å². The molecule has 0 radical (unpaired) electrons. The summed E-state index contributed by atoms with van der Waals surface area (Å²) in [6.07, 6.45) is 2.08. The highest BCUT2D eigenvalue weighted by atomic mass is 16.6. The van der Waals surface area contributed by atoms with Crippen molar-refractivity contribution in [2.24, 2.45) is 0 Å². The average Bonchev–Trinajstić information content (AvgIpc) is 3.13. The number of esters is 1. The summed E-state index contributed by atoms with van der Waals surface area (Å²) >= 11 is 0. The van der Waals surface area contributed by atoms with Crippen LogP contribution in [-0.4, -0.2) is 81.0 Å². The molecule has 194 valence electrons. The number of nitrogens with zero attached hydrogens (tertiary/aromatic N) is 6. The van der Waals surface area contributed by atoms with Gasteiger partial charge in [-0.2, -0.15) is 4.90 Å². The van der Waals surface area contributed by atoms with Crippen LogP contribution in [-0.2, 0) is 25.5 Å². The lowest BCUT2D eigenvalue weighted by molar-refractivity contribution is -0.140. The van der Waals surface area contributed by atoms with Crippen molar-refractivity contribution in [3.05, 3.63) is 12.7 Å². The van der Waals surface area contributed by atoms with E-state index in [-0.39, 0.29) is 17.3 Å². The molecule has 35 heavy (non-hydrogen) atoms. The summed E-state index contributed by atoms with van der Waals surface area (Å²) in [7, 11) is 3.30. The molecule has 0 aliphatic carbocycles. The number of aryl methyl sites for hydroxylation is 1. The van der Waals surface area contributed by atoms with E-state index in [1.807, 2.05) is 16.5 Å². The van der Waals surface area contributed by atoms with Gasteiger partial charge in [0.05, 0.1) is 19.9 Å². The second-order valence-electron chi connectivity index (χ2n) is 10.1. The van der Waals surface area contributed by atoms with Crippen molar-refractivity contribution in [3.63, 3.8) is 0 Å². The number of amides is 2. The highest BCUT2D eigenvalue weighted by Crippen LogP contribution is 2.26. The molecule has 2 amide bonds. The summed E-state index contributed by atoms with van der Waals surface area (Å²) in [6, 6.07) is 0. The first kappa shape index (κ1) is 28.0. The zero-order valence-electron chi connectivity index (χ0n) is 21.8. The third-order valence-corrected chi connectivity index (χ3v) is 4.61. The number of hydrogen-bond donors (Lipinski definition) is 0. The SMILES string of the molecule is COC(=O)CCN(C)CCCn1cnc2c(N(C(=O)OC(C)(C)C)C(=O)OC(C)(C)C)ncnc21. The number of carbonyl (C=O) groups excluding carboxylic acids is 3. The molecule has 0 aliphatic heterocycles. The van der Waals surface area contributed by atoms with Crippen molar-refractivity contribution < 1.29 is 28.6 Å². The maximum atomic E-state index is 13.0. The molecule has 2 aromatic heterocycles. The number of anilines is 1. The van der Waals surface area contributed by atoms with Gasteiger partial charge in [0.25, 0.3) is 0 Å². The number of imide groups is 1. The molecule has 0 unspecified atom stereocenters. The van der Waals surface area contributed by atoms with Crippen LogP contribution in [0, 0.1) is 0 Å².